The molecule has 0 radical (unpaired) electrons. The quantitative estimate of drug-likeness (QED) is 0.816. The van der Waals surface area contributed by atoms with Crippen molar-refractivity contribution >= 4 is 5.91 Å². The molecule has 0 aliphatic carbocycles. The van der Waals surface area contributed by atoms with Crippen molar-refractivity contribution in [2.24, 2.45) is 0 Å². The molecule has 0 saturated carbocycles. The van der Waals surface area contributed by atoms with Gasteiger partial charge in [-0.15, -0.1) is 10.2 Å². The predicted octanol–water partition coefficient (Wildman–Crippen LogP) is -0.0463. The summed E-state index contributed by atoms with van der Waals surface area (Å²) in [6.45, 7) is 1.41. The van der Waals surface area contributed by atoms with Gasteiger partial charge in [0.25, 0.3) is 5.91 Å². The number of pyridine rings is 1. The second kappa shape index (κ2) is 6.05. The van der Waals surface area contributed by atoms with Crippen molar-refractivity contribution in [3.63, 3.8) is 0 Å². The fourth-order valence-electron chi connectivity index (χ4n) is 1.49. The Bertz CT molecular complexity index is 520. The number of amides is 1. The largest absolute Gasteiger partial charge is 0.351 e. The molecule has 0 fully saturated rings. The zero-order valence-electron chi connectivity index (χ0n) is 10.9. The van der Waals surface area contributed by atoms with E-state index in [0.29, 0.717) is 17.9 Å². The normalized spacial score (nSPS) is 10.7. The molecule has 0 atom stereocenters. The molecule has 100 valence electrons. The second-order valence-electron chi connectivity index (χ2n) is 4.33. The first-order chi connectivity index (χ1) is 9.16. The number of hydrogen-bond acceptors (Lipinski definition) is 5. The Morgan fingerprint density at radius 2 is 2.05 bits per heavy atom. The van der Waals surface area contributed by atoms with Crippen LogP contribution in [-0.4, -0.2) is 57.7 Å². The zero-order valence-corrected chi connectivity index (χ0v) is 10.9. The lowest BCUT2D eigenvalue weighted by atomic mass is 10.2. The molecule has 1 N–H and O–H groups in total. The van der Waals surface area contributed by atoms with E-state index in [0.717, 1.165) is 6.54 Å². The molecule has 2 aromatic heterocycles. The highest BCUT2D eigenvalue weighted by molar-refractivity contribution is 5.93. The number of aromatic nitrogens is 4. The lowest BCUT2D eigenvalue weighted by Crippen LogP contribution is -2.31. The van der Waals surface area contributed by atoms with E-state index >= 15 is 0 Å². The number of nitrogens with one attached hydrogen (secondary N) is 1. The summed E-state index contributed by atoms with van der Waals surface area (Å²) < 4.78 is 1.67. The lowest BCUT2D eigenvalue weighted by Gasteiger charge is -2.10. The van der Waals surface area contributed by atoms with Crippen LogP contribution in [0.3, 0.4) is 0 Å². The van der Waals surface area contributed by atoms with Crippen LogP contribution in [0.1, 0.15) is 10.4 Å². The number of carbonyl (C=O) groups excluding carboxylic acids is 1. The average Bonchev–Trinajstić information content (AvgIpc) is 2.92. The van der Waals surface area contributed by atoms with Gasteiger partial charge in [0.15, 0.2) is 0 Å². The Hall–Kier alpha value is -2.28. The summed E-state index contributed by atoms with van der Waals surface area (Å²) >= 11 is 0. The van der Waals surface area contributed by atoms with Crippen molar-refractivity contribution in [1.29, 1.82) is 0 Å². The van der Waals surface area contributed by atoms with E-state index in [4.69, 9.17) is 0 Å². The third kappa shape index (κ3) is 3.59. The summed E-state index contributed by atoms with van der Waals surface area (Å²) in [5.74, 6) is 0.555. The van der Waals surface area contributed by atoms with Crippen LogP contribution >= 0.6 is 0 Å². The highest BCUT2D eigenvalue weighted by Gasteiger charge is 2.06. The molecule has 0 saturated heterocycles. The third-order valence-electron chi connectivity index (χ3n) is 2.54. The van der Waals surface area contributed by atoms with Gasteiger partial charge in [-0.05, 0) is 26.2 Å². The summed E-state index contributed by atoms with van der Waals surface area (Å²) in [5, 5.41) is 10.2. The van der Waals surface area contributed by atoms with Gasteiger partial charge in [-0.2, -0.15) is 0 Å². The Labute approximate surface area is 111 Å². The van der Waals surface area contributed by atoms with E-state index in [1.807, 2.05) is 19.0 Å². The first-order valence-electron chi connectivity index (χ1n) is 5.91. The molecule has 0 unspecified atom stereocenters. The first kappa shape index (κ1) is 13.2. The minimum Gasteiger partial charge on any atom is -0.351 e. The Balaban J connectivity index is 1.96. The average molecular weight is 260 g/mol. The SMILES string of the molecule is CN(C)CCNC(=O)c1ccc(-n2cnnc2)nc1. The van der Waals surface area contributed by atoms with E-state index in [-0.39, 0.29) is 5.91 Å². The molecule has 0 aliphatic heterocycles. The van der Waals surface area contributed by atoms with Crippen molar-refractivity contribution in [2.75, 3.05) is 27.2 Å². The molecule has 7 heteroatoms. The van der Waals surface area contributed by atoms with Crippen molar-refractivity contribution in [2.45, 2.75) is 0 Å². The van der Waals surface area contributed by atoms with Gasteiger partial charge in [-0.25, -0.2) is 4.98 Å². The molecule has 2 heterocycles. The summed E-state index contributed by atoms with van der Waals surface area (Å²) in [5.41, 5.74) is 0.538. The van der Waals surface area contributed by atoms with Gasteiger partial charge in [-0.3, -0.25) is 9.36 Å². The maximum Gasteiger partial charge on any atom is 0.252 e. The fraction of sp³-hybridized carbons (Fsp3) is 0.333. The van der Waals surface area contributed by atoms with Crippen molar-refractivity contribution in [3.05, 3.63) is 36.5 Å². The first-order valence-corrected chi connectivity index (χ1v) is 5.91. The van der Waals surface area contributed by atoms with Crippen LogP contribution in [0.2, 0.25) is 0 Å². The van der Waals surface area contributed by atoms with Gasteiger partial charge in [0.05, 0.1) is 5.56 Å². The number of hydrogen-bond donors (Lipinski definition) is 1. The fourth-order valence-corrected chi connectivity index (χ4v) is 1.49. The predicted molar refractivity (Wildman–Crippen MR) is 70.0 cm³/mol. The smallest absolute Gasteiger partial charge is 0.252 e. The maximum atomic E-state index is 11.8. The molecular formula is C12H16N6O. The van der Waals surface area contributed by atoms with Gasteiger partial charge in [0, 0.05) is 19.3 Å². The van der Waals surface area contributed by atoms with Crippen LogP contribution in [0.4, 0.5) is 0 Å². The minimum absolute atomic E-state index is 0.121. The standard InChI is InChI=1S/C12H16N6O/c1-17(2)6-5-13-12(19)10-3-4-11(14-7-10)18-8-15-16-9-18/h3-4,7-9H,5-6H2,1-2H3,(H,13,19). The Morgan fingerprint density at radius 3 is 2.63 bits per heavy atom. The van der Waals surface area contributed by atoms with Crippen LogP contribution in [0.5, 0.6) is 0 Å². The van der Waals surface area contributed by atoms with Crippen molar-refractivity contribution in [3.8, 4) is 5.82 Å². The Kier molecular flexibility index (Phi) is 4.19. The van der Waals surface area contributed by atoms with Gasteiger partial charge in [-0.1, -0.05) is 0 Å². The van der Waals surface area contributed by atoms with E-state index in [1.54, 1.807) is 35.6 Å². The van der Waals surface area contributed by atoms with Crippen LogP contribution < -0.4 is 5.32 Å². The Morgan fingerprint density at radius 1 is 1.32 bits per heavy atom. The molecule has 2 aromatic rings. The molecule has 19 heavy (non-hydrogen) atoms. The number of nitrogens with zero attached hydrogens (tertiary/aromatic N) is 5. The van der Waals surface area contributed by atoms with E-state index < -0.39 is 0 Å². The monoisotopic (exact) mass is 260 g/mol. The number of carbonyl (C=O) groups is 1. The minimum atomic E-state index is -0.121. The van der Waals surface area contributed by atoms with E-state index in [2.05, 4.69) is 20.5 Å². The highest BCUT2D eigenvalue weighted by atomic mass is 16.1. The van der Waals surface area contributed by atoms with Crippen LogP contribution in [0.15, 0.2) is 31.0 Å². The summed E-state index contributed by atoms with van der Waals surface area (Å²) in [6, 6.07) is 3.48. The topological polar surface area (TPSA) is 75.9 Å². The van der Waals surface area contributed by atoms with Crippen LogP contribution in [0, 0.1) is 0 Å². The van der Waals surface area contributed by atoms with Gasteiger partial charge in [0.1, 0.15) is 18.5 Å². The molecule has 0 bridgehead atoms. The van der Waals surface area contributed by atoms with Gasteiger partial charge < -0.3 is 10.2 Å². The van der Waals surface area contributed by atoms with E-state index in [9.17, 15) is 4.79 Å². The zero-order chi connectivity index (χ0) is 13.7. The molecule has 0 aliphatic rings. The van der Waals surface area contributed by atoms with Crippen molar-refractivity contribution in [1.82, 2.24) is 30.0 Å². The van der Waals surface area contributed by atoms with Gasteiger partial charge in [0.2, 0.25) is 0 Å². The van der Waals surface area contributed by atoms with Gasteiger partial charge >= 0.3 is 0 Å². The van der Waals surface area contributed by atoms with Crippen LogP contribution in [0.25, 0.3) is 5.82 Å². The molecule has 7 nitrogen and oxygen atoms in total. The van der Waals surface area contributed by atoms with E-state index in [1.165, 1.54) is 0 Å². The summed E-state index contributed by atoms with van der Waals surface area (Å²) in [7, 11) is 3.92. The molecule has 0 aromatic carbocycles. The van der Waals surface area contributed by atoms with Crippen LogP contribution in [-0.2, 0) is 0 Å². The maximum absolute atomic E-state index is 11.8. The summed E-state index contributed by atoms with van der Waals surface area (Å²) in [6.07, 6.45) is 4.65. The second-order valence-corrected chi connectivity index (χ2v) is 4.33. The highest BCUT2D eigenvalue weighted by Crippen LogP contribution is 2.04. The number of rotatable bonds is 5. The molecule has 2 rings (SSSR count). The molecular weight excluding hydrogens is 244 g/mol. The lowest BCUT2D eigenvalue weighted by molar-refractivity contribution is 0.0950. The molecule has 0 spiro atoms. The van der Waals surface area contributed by atoms with Crippen molar-refractivity contribution < 1.29 is 4.79 Å². The molecule has 1 amide bonds. The third-order valence-corrected chi connectivity index (χ3v) is 2.54. The summed E-state index contributed by atoms with van der Waals surface area (Å²) in [4.78, 5) is 18.0. The number of likely N-dealkylation sites (N-methyl/N-ethyl adjacent to an activating group) is 1.